The van der Waals surface area contributed by atoms with E-state index in [0.29, 0.717) is 6.54 Å². The minimum Gasteiger partial charge on any atom is -0.468 e. The van der Waals surface area contributed by atoms with E-state index in [1.54, 1.807) is 24.9 Å². The van der Waals surface area contributed by atoms with Gasteiger partial charge in [0.2, 0.25) is 0 Å². The van der Waals surface area contributed by atoms with Gasteiger partial charge in [-0.1, -0.05) is 0 Å². The van der Waals surface area contributed by atoms with Crippen LogP contribution in [0.25, 0.3) is 0 Å². The van der Waals surface area contributed by atoms with Crippen molar-refractivity contribution >= 4 is 5.97 Å². The van der Waals surface area contributed by atoms with Gasteiger partial charge in [0, 0.05) is 11.9 Å². The van der Waals surface area contributed by atoms with Crippen molar-refractivity contribution < 1.29 is 9.53 Å². The van der Waals surface area contributed by atoms with Crippen molar-refractivity contribution in [1.29, 1.82) is 0 Å². The standard InChI is InChI=1S/C10H17N3O2/c1-8-5-6-12-13(8)7-10(2,11-3)9(14)15-4/h5-6,11H,7H2,1-4H3. The predicted octanol–water partition coefficient (Wildman–Crippen LogP) is 0.343. The van der Waals surface area contributed by atoms with Gasteiger partial charge in [-0.2, -0.15) is 5.10 Å². The number of carbonyl (C=O) groups excluding carboxylic acids is 1. The number of nitrogens with zero attached hydrogens (tertiary/aromatic N) is 2. The Balaban J connectivity index is 2.86. The average molecular weight is 211 g/mol. The Kier molecular flexibility index (Phi) is 3.47. The Hall–Kier alpha value is -1.36. The van der Waals surface area contributed by atoms with Crippen molar-refractivity contribution in [2.45, 2.75) is 25.9 Å². The second kappa shape index (κ2) is 4.44. The van der Waals surface area contributed by atoms with Crippen LogP contribution >= 0.6 is 0 Å². The third-order valence-corrected chi connectivity index (χ3v) is 2.58. The molecule has 0 fully saturated rings. The third-order valence-electron chi connectivity index (χ3n) is 2.58. The van der Waals surface area contributed by atoms with E-state index in [4.69, 9.17) is 4.74 Å². The first-order chi connectivity index (χ1) is 7.03. The van der Waals surface area contributed by atoms with Crippen LogP contribution in [0.1, 0.15) is 12.6 Å². The molecule has 0 amide bonds. The van der Waals surface area contributed by atoms with E-state index in [0.717, 1.165) is 5.69 Å². The van der Waals surface area contributed by atoms with Gasteiger partial charge in [-0.25, -0.2) is 4.79 Å². The molecule has 1 unspecified atom stereocenters. The number of hydrogen-bond acceptors (Lipinski definition) is 4. The van der Waals surface area contributed by atoms with Crippen molar-refractivity contribution in [1.82, 2.24) is 15.1 Å². The van der Waals surface area contributed by atoms with Crippen molar-refractivity contribution in [3.63, 3.8) is 0 Å². The molecule has 0 saturated heterocycles. The number of rotatable bonds is 4. The molecule has 0 radical (unpaired) electrons. The predicted molar refractivity (Wildman–Crippen MR) is 56.4 cm³/mol. The van der Waals surface area contributed by atoms with Crippen LogP contribution in [0.4, 0.5) is 0 Å². The highest BCUT2D eigenvalue weighted by Gasteiger charge is 2.33. The van der Waals surface area contributed by atoms with Crippen molar-refractivity contribution in [3.8, 4) is 0 Å². The molecular weight excluding hydrogens is 194 g/mol. The summed E-state index contributed by atoms with van der Waals surface area (Å²) in [5.74, 6) is -0.292. The van der Waals surface area contributed by atoms with Crippen molar-refractivity contribution in [2.24, 2.45) is 0 Å². The quantitative estimate of drug-likeness (QED) is 0.730. The largest absolute Gasteiger partial charge is 0.468 e. The smallest absolute Gasteiger partial charge is 0.327 e. The van der Waals surface area contributed by atoms with E-state index in [1.165, 1.54) is 7.11 Å². The first-order valence-electron chi connectivity index (χ1n) is 4.79. The van der Waals surface area contributed by atoms with Crippen LogP contribution in [0.15, 0.2) is 12.3 Å². The Morgan fingerprint density at radius 1 is 1.73 bits per heavy atom. The van der Waals surface area contributed by atoms with Crippen molar-refractivity contribution in [2.75, 3.05) is 14.2 Å². The minimum atomic E-state index is -0.745. The topological polar surface area (TPSA) is 56.2 Å². The zero-order valence-corrected chi connectivity index (χ0v) is 9.57. The number of nitrogens with one attached hydrogen (secondary N) is 1. The number of likely N-dealkylation sites (N-methyl/N-ethyl adjacent to an activating group) is 1. The van der Waals surface area contributed by atoms with Gasteiger partial charge in [-0.05, 0) is 27.0 Å². The van der Waals surface area contributed by atoms with Crippen LogP contribution in [0, 0.1) is 6.92 Å². The fraction of sp³-hybridized carbons (Fsp3) is 0.600. The van der Waals surface area contributed by atoms with Gasteiger partial charge in [0.1, 0.15) is 5.54 Å². The molecule has 1 N–H and O–H groups in total. The fourth-order valence-corrected chi connectivity index (χ4v) is 1.33. The molecule has 5 nitrogen and oxygen atoms in total. The van der Waals surface area contributed by atoms with Crippen LogP contribution in [-0.4, -0.2) is 35.4 Å². The monoisotopic (exact) mass is 211 g/mol. The van der Waals surface area contributed by atoms with Gasteiger partial charge in [-0.3, -0.25) is 4.68 Å². The van der Waals surface area contributed by atoms with Gasteiger partial charge in [0.25, 0.3) is 0 Å². The second-order valence-corrected chi connectivity index (χ2v) is 3.70. The number of ether oxygens (including phenoxy) is 1. The molecule has 15 heavy (non-hydrogen) atoms. The maximum Gasteiger partial charge on any atom is 0.327 e. The molecule has 1 aromatic heterocycles. The summed E-state index contributed by atoms with van der Waals surface area (Å²) in [7, 11) is 3.11. The molecule has 0 spiro atoms. The molecule has 0 bridgehead atoms. The van der Waals surface area contributed by atoms with Gasteiger partial charge < -0.3 is 10.1 Å². The lowest BCUT2D eigenvalue weighted by Crippen LogP contribution is -2.51. The van der Waals surface area contributed by atoms with E-state index < -0.39 is 5.54 Å². The number of aromatic nitrogens is 2. The molecule has 0 aliphatic carbocycles. The number of esters is 1. The molecule has 0 aliphatic rings. The molecule has 5 heteroatoms. The summed E-state index contributed by atoms with van der Waals surface area (Å²) in [6.07, 6.45) is 1.71. The SMILES string of the molecule is CNC(C)(Cn1nccc1C)C(=O)OC. The molecule has 0 aliphatic heterocycles. The van der Waals surface area contributed by atoms with E-state index in [9.17, 15) is 4.79 Å². The fourth-order valence-electron chi connectivity index (χ4n) is 1.33. The van der Waals surface area contributed by atoms with E-state index >= 15 is 0 Å². The zero-order valence-electron chi connectivity index (χ0n) is 9.57. The highest BCUT2D eigenvalue weighted by Crippen LogP contribution is 2.10. The van der Waals surface area contributed by atoms with Crippen molar-refractivity contribution in [3.05, 3.63) is 18.0 Å². The number of hydrogen-bond donors (Lipinski definition) is 1. The lowest BCUT2D eigenvalue weighted by atomic mass is 10.0. The average Bonchev–Trinajstić information content (AvgIpc) is 2.63. The summed E-state index contributed by atoms with van der Waals surface area (Å²) in [4.78, 5) is 11.6. The molecule has 0 saturated carbocycles. The number of aryl methyl sites for hydroxylation is 1. The molecule has 1 aromatic rings. The maximum absolute atomic E-state index is 11.6. The summed E-state index contributed by atoms with van der Waals surface area (Å²) in [6, 6.07) is 1.90. The zero-order chi connectivity index (χ0) is 11.5. The molecule has 1 atom stereocenters. The van der Waals surface area contributed by atoms with E-state index in [2.05, 4.69) is 10.4 Å². The first kappa shape index (κ1) is 11.7. The summed E-state index contributed by atoms with van der Waals surface area (Å²) < 4.78 is 6.52. The highest BCUT2D eigenvalue weighted by molar-refractivity contribution is 5.80. The van der Waals surface area contributed by atoms with Crippen LogP contribution in [0.5, 0.6) is 0 Å². The van der Waals surface area contributed by atoms with Crippen LogP contribution in [0.3, 0.4) is 0 Å². The summed E-state index contributed by atoms with van der Waals surface area (Å²) in [5, 5.41) is 7.09. The Morgan fingerprint density at radius 3 is 2.80 bits per heavy atom. The summed E-state index contributed by atoms with van der Waals surface area (Å²) in [6.45, 7) is 4.19. The Labute approximate surface area is 89.4 Å². The molecule has 1 rings (SSSR count). The Morgan fingerprint density at radius 2 is 2.40 bits per heavy atom. The molecular formula is C10H17N3O2. The molecule has 0 aromatic carbocycles. The molecule has 84 valence electrons. The van der Waals surface area contributed by atoms with Gasteiger partial charge in [-0.15, -0.1) is 0 Å². The van der Waals surface area contributed by atoms with Gasteiger partial charge in [0.05, 0.1) is 13.7 Å². The summed E-state index contributed by atoms with van der Waals surface area (Å²) >= 11 is 0. The molecule has 1 heterocycles. The maximum atomic E-state index is 11.6. The second-order valence-electron chi connectivity index (χ2n) is 3.70. The number of carbonyl (C=O) groups is 1. The lowest BCUT2D eigenvalue weighted by molar-refractivity contribution is -0.148. The highest BCUT2D eigenvalue weighted by atomic mass is 16.5. The number of methoxy groups -OCH3 is 1. The van der Waals surface area contributed by atoms with E-state index in [-0.39, 0.29) is 5.97 Å². The van der Waals surface area contributed by atoms with Gasteiger partial charge in [0.15, 0.2) is 0 Å². The van der Waals surface area contributed by atoms with Gasteiger partial charge >= 0.3 is 5.97 Å². The van der Waals surface area contributed by atoms with Crippen LogP contribution < -0.4 is 5.32 Å². The first-order valence-corrected chi connectivity index (χ1v) is 4.79. The lowest BCUT2D eigenvalue weighted by Gasteiger charge is -2.26. The van der Waals surface area contributed by atoms with Crippen LogP contribution in [0.2, 0.25) is 0 Å². The third kappa shape index (κ3) is 2.36. The summed E-state index contributed by atoms with van der Waals surface area (Å²) in [5.41, 5.74) is 0.270. The minimum absolute atomic E-state index is 0.292. The van der Waals surface area contributed by atoms with Crippen LogP contribution in [-0.2, 0) is 16.1 Å². The normalized spacial score (nSPS) is 14.7. The Bertz CT molecular complexity index is 348. The van der Waals surface area contributed by atoms with E-state index in [1.807, 2.05) is 13.0 Å².